The quantitative estimate of drug-likeness (QED) is 0.568. The van der Waals surface area contributed by atoms with E-state index in [0.717, 1.165) is 5.57 Å². The van der Waals surface area contributed by atoms with Crippen molar-refractivity contribution in [2.75, 3.05) is 0 Å². The van der Waals surface area contributed by atoms with Crippen LogP contribution in [-0.2, 0) is 0 Å². The fourth-order valence-electron chi connectivity index (χ4n) is 1.31. The van der Waals surface area contributed by atoms with Crippen LogP contribution in [0.5, 0.6) is 0 Å². The summed E-state index contributed by atoms with van der Waals surface area (Å²) >= 11 is 0. The number of hydrogen-bond acceptors (Lipinski definition) is 0. The van der Waals surface area contributed by atoms with Gasteiger partial charge in [0.2, 0.25) is 0 Å². The molecular weight excluding hydrogens is 168 g/mol. The van der Waals surface area contributed by atoms with E-state index in [0.29, 0.717) is 0 Å². The van der Waals surface area contributed by atoms with Crippen LogP contribution < -0.4 is 0 Å². The van der Waals surface area contributed by atoms with Crippen LogP contribution in [-0.4, -0.2) is 0 Å². The molecule has 0 radical (unpaired) electrons. The van der Waals surface area contributed by atoms with Gasteiger partial charge in [-0.05, 0) is 31.7 Å². The Morgan fingerprint density at radius 2 is 1.64 bits per heavy atom. The minimum Gasteiger partial charge on any atom is -0.0955 e. The Hall–Kier alpha value is -1.30. The van der Waals surface area contributed by atoms with Gasteiger partial charge in [0.15, 0.2) is 0 Å². The van der Waals surface area contributed by atoms with Crippen molar-refractivity contribution in [2.24, 2.45) is 0 Å². The lowest BCUT2D eigenvalue weighted by atomic mass is 10.1. The van der Waals surface area contributed by atoms with Gasteiger partial charge in [0.1, 0.15) is 0 Å². The summed E-state index contributed by atoms with van der Waals surface area (Å²) in [4.78, 5) is 0. The van der Waals surface area contributed by atoms with Crippen molar-refractivity contribution in [2.45, 2.75) is 26.2 Å². The molecule has 0 aliphatic heterocycles. The average Bonchev–Trinajstić information content (AvgIpc) is 2.77. The average molecular weight is 186 g/mol. The molecule has 0 N–H and O–H groups in total. The van der Waals surface area contributed by atoms with Crippen LogP contribution in [0.15, 0.2) is 49.1 Å². The molecule has 0 unspecified atom stereocenters. The summed E-state index contributed by atoms with van der Waals surface area (Å²) in [7, 11) is 0. The van der Waals surface area contributed by atoms with E-state index in [1.165, 1.54) is 24.8 Å². The molecule has 0 saturated heterocycles. The molecule has 1 aromatic carbocycles. The maximum absolute atomic E-state index is 3.83. The van der Waals surface area contributed by atoms with E-state index in [9.17, 15) is 0 Å². The highest BCUT2D eigenvalue weighted by Gasteiger charge is 1.86. The van der Waals surface area contributed by atoms with Crippen LogP contribution in [0.1, 0.15) is 31.7 Å². The monoisotopic (exact) mass is 186 g/mol. The summed E-state index contributed by atoms with van der Waals surface area (Å²) < 4.78 is 0. The van der Waals surface area contributed by atoms with E-state index >= 15 is 0 Å². The van der Waals surface area contributed by atoms with Crippen LogP contribution in [0.2, 0.25) is 0 Å². The molecule has 0 spiro atoms. The Morgan fingerprint density at radius 1 is 1.07 bits per heavy atom. The maximum atomic E-state index is 3.83. The molecule has 0 heteroatoms. The lowest BCUT2D eigenvalue weighted by Crippen LogP contribution is -1.72. The maximum Gasteiger partial charge on any atom is -0.0233 e. The molecule has 0 amide bonds. The van der Waals surface area contributed by atoms with Crippen LogP contribution in [0, 0.1) is 0 Å². The van der Waals surface area contributed by atoms with Gasteiger partial charge >= 0.3 is 0 Å². The molecule has 2 rings (SSSR count). The second-order valence-corrected chi connectivity index (χ2v) is 3.55. The van der Waals surface area contributed by atoms with Crippen LogP contribution in [0.25, 0.3) is 5.57 Å². The van der Waals surface area contributed by atoms with Crippen LogP contribution in [0.4, 0.5) is 0 Å². The van der Waals surface area contributed by atoms with Gasteiger partial charge in [-0.2, -0.15) is 0 Å². The van der Waals surface area contributed by atoms with Crippen molar-refractivity contribution in [3.05, 3.63) is 54.6 Å². The van der Waals surface area contributed by atoms with Crippen molar-refractivity contribution in [3.8, 4) is 0 Å². The second-order valence-electron chi connectivity index (χ2n) is 3.55. The number of rotatable bonds is 1. The fourth-order valence-corrected chi connectivity index (χ4v) is 1.31. The lowest BCUT2D eigenvalue weighted by molar-refractivity contribution is 0.929. The smallest absolute Gasteiger partial charge is 0.0233 e. The predicted octanol–water partition coefficient (Wildman–Crippen LogP) is 4.45. The van der Waals surface area contributed by atoms with E-state index in [2.05, 4.69) is 30.9 Å². The van der Waals surface area contributed by atoms with Crippen LogP contribution in [0.3, 0.4) is 0 Å². The zero-order valence-electron chi connectivity index (χ0n) is 8.87. The summed E-state index contributed by atoms with van der Waals surface area (Å²) in [5.41, 5.74) is 2.34. The number of benzene rings is 1. The SMILES string of the molecule is C1=CCCC1.C=C(C)c1ccccc1. The van der Waals surface area contributed by atoms with Crippen molar-refractivity contribution >= 4 is 5.57 Å². The first-order valence-corrected chi connectivity index (χ1v) is 5.16. The molecule has 0 atom stereocenters. The van der Waals surface area contributed by atoms with Crippen molar-refractivity contribution < 1.29 is 0 Å². The zero-order chi connectivity index (χ0) is 10.2. The van der Waals surface area contributed by atoms with E-state index in [1.807, 2.05) is 25.1 Å². The first kappa shape index (κ1) is 10.8. The Labute approximate surface area is 87.0 Å². The van der Waals surface area contributed by atoms with E-state index in [1.54, 1.807) is 0 Å². The molecule has 0 heterocycles. The van der Waals surface area contributed by atoms with E-state index in [4.69, 9.17) is 0 Å². The molecule has 0 aromatic heterocycles. The van der Waals surface area contributed by atoms with E-state index in [-0.39, 0.29) is 0 Å². The molecule has 1 aliphatic rings. The third kappa shape index (κ3) is 4.08. The fraction of sp³-hybridized carbons (Fsp3) is 0.286. The number of allylic oxidation sites excluding steroid dienone is 3. The normalized spacial score (nSPS) is 13.2. The summed E-state index contributed by atoms with van der Waals surface area (Å²) in [6.45, 7) is 5.83. The van der Waals surface area contributed by atoms with Gasteiger partial charge in [0.25, 0.3) is 0 Å². The summed E-state index contributed by atoms with van der Waals surface area (Å²) in [5.74, 6) is 0. The summed E-state index contributed by atoms with van der Waals surface area (Å²) in [5, 5.41) is 0. The van der Waals surface area contributed by atoms with E-state index < -0.39 is 0 Å². The first-order chi connectivity index (χ1) is 6.80. The topological polar surface area (TPSA) is 0 Å². The van der Waals surface area contributed by atoms with Gasteiger partial charge in [-0.3, -0.25) is 0 Å². The van der Waals surface area contributed by atoms with Gasteiger partial charge in [0.05, 0.1) is 0 Å². The van der Waals surface area contributed by atoms with Gasteiger partial charge in [0, 0.05) is 0 Å². The molecule has 0 nitrogen and oxygen atoms in total. The molecule has 1 aromatic rings. The Bertz CT molecular complexity index is 287. The number of hydrogen-bond donors (Lipinski definition) is 0. The standard InChI is InChI=1S/C9H10.C5H8/c1-8(2)9-6-4-3-5-7-9;1-2-4-5-3-1/h3-7H,1H2,2H3;1-2H,3-5H2. The molecule has 74 valence electrons. The van der Waals surface area contributed by atoms with Crippen LogP contribution >= 0.6 is 0 Å². The third-order valence-electron chi connectivity index (χ3n) is 2.17. The highest BCUT2D eigenvalue weighted by molar-refractivity contribution is 5.60. The molecule has 0 saturated carbocycles. The highest BCUT2D eigenvalue weighted by atomic mass is 13.9. The van der Waals surface area contributed by atoms with Crippen molar-refractivity contribution in [1.82, 2.24) is 0 Å². The Morgan fingerprint density at radius 3 is 1.93 bits per heavy atom. The van der Waals surface area contributed by atoms with Gasteiger partial charge in [-0.15, -0.1) is 0 Å². The molecule has 0 bridgehead atoms. The Kier molecular flexibility index (Phi) is 4.77. The second kappa shape index (κ2) is 6.20. The lowest BCUT2D eigenvalue weighted by Gasteiger charge is -1.94. The molecule has 1 aliphatic carbocycles. The van der Waals surface area contributed by atoms with Gasteiger partial charge in [-0.25, -0.2) is 0 Å². The molecular formula is C14H18. The van der Waals surface area contributed by atoms with Gasteiger partial charge in [-0.1, -0.05) is 54.6 Å². The van der Waals surface area contributed by atoms with Crippen molar-refractivity contribution in [3.63, 3.8) is 0 Å². The minimum absolute atomic E-state index is 1.12. The minimum atomic E-state index is 1.12. The summed E-state index contributed by atoms with van der Waals surface area (Å²) in [6.07, 6.45) is 8.50. The largest absolute Gasteiger partial charge is 0.0955 e. The molecule has 14 heavy (non-hydrogen) atoms. The van der Waals surface area contributed by atoms with Gasteiger partial charge < -0.3 is 0 Å². The first-order valence-electron chi connectivity index (χ1n) is 5.16. The highest BCUT2D eigenvalue weighted by Crippen LogP contribution is 2.08. The summed E-state index contributed by atoms with van der Waals surface area (Å²) in [6, 6.07) is 10.2. The van der Waals surface area contributed by atoms with Crippen molar-refractivity contribution in [1.29, 1.82) is 0 Å². The third-order valence-corrected chi connectivity index (χ3v) is 2.17. The predicted molar refractivity (Wildman–Crippen MR) is 64.1 cm³/mol. The Balaban J connectivity index is 0.000000165. The zero-order valence-corrected chi connectivity index (χ0v) is 8.87. The molecule has 0 fully saturated rings.